The quantitative estimate of drug-likeness (QED) is 0.501. The molecule has 0 fully saturated rings. The molecule has 1 aliphatic carbocycles. The number of aryl methyl sites for hydroxylation is 1. The number of rotatable bonds is 4. The number of nitrogens with zero attached hydrogens (tertiary/aromatic N) is 1. The molecule has 0 aliphatic heterocycles. The van der Waals surface area contributed by atoms with Crippen molar-refractivity contribution in [3.05, 3.63) is 47.5 Å². The Hall–Kier alpha value is -1.90. The molecular weight excluding hydrogens is 236 g/mol. The van der Waals surface area contributed by atoms with Gasteiger partial charge < -0.3 is 0 Å². The molecule has 0 spiro atoms. The van der Waals surface area contributed by atoms with E-state index in [2.05, 4.69) is 29.6 Å². The van der Waals surface area contributed by atoms with E-state index >= 15 is 0 Å². The van der Waals surface area contributed by atoms with Crippen molar-refractivity contribution in [2.75, 3.05) is 0 Å². The average Bonchev–Trinajstić information content (AvgIpc) is 2.48. The van der Waals surface area contributed by atoms with Gasteiger partial charge in [0.05, 0.1) is 0 Å². The monoisotopic (exact) mass is 256 g/mol. The summed E-state index contributed by atoms with van der Waals surface area (Å²) in [7, 11) is 0. The normalized spacial score (nSPS) is 18.7. The van der Waals surface area contributed by atoms with Crippen molar-refractivity contribution in [3.63, 3.8) is 0 Å². The van der Waals surface area contributed by atoms with E-state index < -0.39 is 0 Å². The van der Waals surface area contributed by atoms with Gasteiger partial charge in [0.25, 0.3) is 5.91 Å². The predicted molar refractivity (Wildman–Crippen MR) is 78.3 cm³/mol. The maximum absolute atomic E-state index is 11.8. The molecule has 1 amide bonds. The molecule has 0 saturated heterocycles. The Morgan fingerprint density at radius 2 is 2.16 bits per heavy atom. The van der Waals surface area contributed by atoms with Gasteiger partial charge in [-0.25, -0.2) is 5.43 Å². The topological polar surface area (TPSA) is 41.5 Å². The first-order valence-corrected chi connectivity index (χ1v) is 6.87. The van der Waals surface area contributed by atoms with Crippen LogP contribution in [0.2, 0.25) is 0 Å². The van der Waals surface area contributed by atoms with Gasteiger partial charge in [-0.1, -0.05) is 31.2 Å². The van der Waals surface area contributed by atoms with Crippen molar-refractivity contribution in [2.24, 2.45) is 11.0 Å². The van der Waals surface area contributed by atoms with Crippen LogP contribution in [-0.2, 0) is 6.42 Å². The Labute approximate surface area is 114 Å². The molecule has 1 N–H and O–H groups in total. The number of carbonyl (C=O) groups is 1. The summed E-state index contributed by atoms with van der Waals surface area (Å²) in [5.74, 6) is 0.304. The maximum atomic E-state index is 11.8. The van der Waals surface area contributed by atoms with Crippen LogP contribution in [-0.4, -0.2) is 12.1 Å². The number of carbonyl (C=O) groups excluding carboxylic acids is 1. The molecule has 3 nitrogen and oxygen atoms in total. The summed E-state index contributed by atoms with van der Waals surface area (Å²) >= 11 is 0. The first kappa shape index (κ1) is 13.5. The number of amides is 1. The van der Waals surface area contributed by atoms with E-state index in [0.29, 0.717) is 11.5 Å². The van der Waals surface area contributed by atoms with E-state index in [0.717, 1.165) is 25.7 Å². The second-order valence-electron chi connectivity index (χ2n) is 4.81. The molecule has 0 heterocycles. The van der Waals surface area contributed by atoms with Gasteiger partial charge in [-0.15, -0.1) is 0 Å². The van der Waals surface area contributed by atoms with Gasteiger partial charge in [0.2, 0.25) is 0 Å². The Bertz CT molecular complexity index is 474. The molecule has 2 rings (SSSR count). The van der Waals surface area contributed by atoms with E-state index in [9.17, 15) is 4.79 Å². The maximum Gasteiger partial charge on any atom is 0.271 e. The zero-order valence-electron chi connectivity index (χ0n) is 11.3. The van der Waals surface area contributed by atoms with Crippen molar-refractivity contribution in [3.8, 4) is 0 Å². The predicted octanol–water partition coefficient (Wildman–Crippen LogP) is 3.32. The molecule has 0 aromatic heterocycles. The Balaban J connectivity index is 1.86. The third-order valence-corrected chi connectivity index (χ3v) is 3.39. The van der Waals surface area contributed by atoms with Crippen LogP contribution in [0.3, 0.4) is 0 Å². The second kappa shape index (κ2) is 6.88. The smallest absolute Gasteiger partial charge is 0.267 e. The fourth-order valence-electron chi connectivity index (χ4n) is 2.11. The molecule has 3 heteroatoms. The molecule has 1 aliphatic rings. The van der Waals surface area contributed by atoms with Crippen LogP contribution in [0.4, 0.5) is 0 Å². The lowest BCUT2D eigenvalue weighted by atomic mass is 9.96. The zero-order chi connectivity index (χ0) is 13.5. The fraction of sp³-hybridized carbons (Fsp3) is 0.375. The van der Waals surface area contributed by atoms with Crippen molar-refractivity contribution >= 4 is 12.1 Å². The Morgan fingerprint density at radius 1 is 1.37 bits per heavy atom. The highest BCUT2D eigenvalue weighted by Gasteiger charge is 2.07. The number of nitrogens with one attached hydrogen (secondary N) is 1. The van der Waals surface area contributed by atoms with Crippen molar-refractivity contribution in [1.82, 2.24) is 5.43 Å². The minimum absolute atomic E-state index is 0.148. The van der Waals surface area contributed by atoms with Gasteiger partial charge in [0, 0.05) is 11.8 Å². The average molecular weight is 256 g/mol. The van der Waals surface area contributed by atoms with Crippen LogP contribution >= 0.6 is 0 Å². The number of hydrazone groups is 1. The van der Waals surface area contributed by atoms with E-state index in [1.165, 1.54) is 5.56 Å². The van der Waals surface area contributed by atoms with Gasteiger partial charge in [-0.2, -0.15) is 5.10 Å². The minimum Gasteiger partial charge on any atom is -0.267 e. The van der Waals surface area contributed by atoms with Gasteiger partial charge in [0.1, 0.15) is 0 Å². The van der Waals surface area contributed by atoms with Gasteiger partial charge in [-0.3, -0.25) is 4.79 Å². The standard InChI is InChI=1S/C16H20N2O/c1-2-13-8-10-15(11-9-13)16(19)18-17-12-14-6-4-3-5-7-14/h3-4,8-12,14H,2,5-7H2,1H3,(H,18,19)/b17-12-/t14-/m0/s1. The number of hydrogen-bond acceptors (Lipinski definition) is 2. The lowest BCUT2D eigenvalue weighted by Crippen LogP contribution is -2.18. The van der Waals surface area contributed by atoms with E-state index in [4.69, 9.17) is 0 Å². The Morgan fingerprint density at radius 3 is 2.79 bits per heavy atom. The summed E-state index contributed by atoms with van der Waals surface area (Å²) in [5, 5.41) is 4.06. The van der Waals surface area contributed by atoms with Gasteiger partial charge in [-0.05, 0) is 49.3 Å². The summed E-state index contributed by atoms with van der Waals surface area (Å²) in [5.41, 5.74) is 4.47. The lowest BCUT2D eigenvalue weighted by molar-refractivity contribution is 0.0955. The zero-order valence-corrected chi connectivity index (χ0v) is 11.3. The van der Waals surface area contributed by atoms with Crippen LogP contribution in [0.15, 0.2) is 41.5 Å². The fourth-order valence-corrected chi connectivity index (χ4v) is 2.11. The highest BCUT2D eigenvalue weighted by atomic mass is 16.2. The third kappa shape index (κ3) is 4.05. The highest BCUT2D eigenvalue weighted by Crippen LogP contribution is 2.15. The molecule has 100 valence electrons. The van der Waals surface area contributed by atoms with E-state index in [1.807, 2.05) is 30.5 Å². The summed E-state index contributed by atoms with van der Waals surface area (Å²) in [6, 6.07) is 7.63. The summed E-state index contributed by atoms with van der Waals surface area (Å²) in [6.07, 6.45) is 10.4. The molecule has 1 aromatic rings. The Kier molecular flexibility index (Phi) is 4.90. The highest BCUT2D eigenvalue weighted by molar-refractivity contribution is 5.94. The largest absolute Gasteiger partial charge is 0.271 e. The number of allylic oxidation sites excluding steroid dienone is 2. The SMILES string of the molecule is CCc1ccc(C(=O)N/N=C\[C@H]2CC=CCC2)cc1. The number of hydrogen-bond donors (Lipinski definition) is 1. The van der Waals surface area contributed by atoms with Crippen molar-refractivity contribution in [1.29, 1.82) is 0 Å². The van der Waals surface area contributed by atoms with Crippen LogP contribution in [0.5, 0.6) is 0 Å². The van der Waals surface area contributed by atoms with E-state index in [1.54, 1.807) is 0 Å². The summed E-state index contributed by atoms with van der Waals surface area (Å²) in [4.78, 5) is 11.8. The molecule has 1 aromatic carbocycles. The summed E-state index contributed by atoms with van der Waals surface area (Å²) < 4.78 is 0. The number of benzene rings is 1. The van der Waals surface area contributed by atoms with Gasteiger partial charge >= 0.3 is 0 Å². The first-order chi connectivity index (χ1) is 9.29. The second-order valence-corrected chi connectivity index (χ2v) is 4.81. The molecular formula is C16H20N2O. The molecule has 0 bridgehead atoms. The molecule has 0 unspecified atom stereocenters. The van der Waals surface area contributed by atoms with Crippen LogP contribution in [0.1, 0.15) is 42.1 Å². The minimum atomic E-state index is -0.148. The van der Waals surface area contributed by atoms with Gasteiger partial charge in [0.15, 0.2) is 0 Å². The van der Waals surface area contributed by atoms with Crippen molar-refractivity contribution < 1.29 is 4.79 Å². The van der Waals surface area contributed by atoms with Crippen LogP contribution < -0.4 is 5.43 Å². The molecule has 0 radical (unpaired) electrons. The van der Waals surface area contributed by atoms with Crippen LogP contribution in [0, 0.1) is 5.92 Å². The third-order valence-electron chi connectivity index (χ3n) is 3.39. The molecule has 1 atom stereocenters. The summed E-state index contributed by atoms with van der Waals surface area (Å²) in [6.45, 7) is 2.10. The first-order valence-electron chi connectivity index (χ1n) is 6.87. The van der Waals surface area contributed by atoms with E-state index in [-0.39, 0.29) is 5.91 Å². The molecule has 19 heavy (non-hydrogen) atoms. The molecule has 0 saturated carbocycles. The van der Waals surface area contributed by atoms with Crippen molar-refractivity contribution in [2.45, 2.75) is 32.6 Å². The van der Waals surface area contributed by atoms with Crippen LogP contribution in [0.25, 0.3) is 0 Å². The lowest BCUT2D eigenvalue weighted by Gasteiger charge is -2.11.